The molecule has 0 saturated carbocycles. The number of nitrogens with zero attached hydrogens (tertiary/aromatic N) is 2. The van der Waals surface area contributed by atoms with Gasteiger partial charge in [0.2, 0.25) is 5.88 Å². The van der Waals surface area contributed by atoms with Crippen LogP contribution in [0.5, 0.6) is 5.88 Å². The molecule has 0 spiro atoms. The number of hydrogen-bond donors (Lipinski definition) is 1. The largest absolute Gasteiger partial charge is 0.472 e. The van der Waals surface area contributed by atoms with Crippen LogP contribution in [-0.4, -0.2) is 40.8 Å². The van der Waals surface area contributed by atoms with Crippen LogP contribution in [0.3, 0.4) is 0 Å². The summed E-state index contributed by atoms with van der Waals surface area (Å²) < 4.78 is 11.1. The Bertz CT molecular complexity index is 485. The molecule has 6 nitrogen and oxygen atoms in total. The molecule has 0 radical (unpaired) electrons. The number of nitrogen functional groups attached to an aromatic ring is 1. The van der Waals surface area contributed by atoms with E-state index in [0.717, 1.165) is 6.42 Å². The second-order valence-electron chi connectivity index (χ2n) is 5.88. The zero-order valence-corrected chi connectivity index (χ0v) is 12.1. The van der Waals surface area contributed by atoms with Gasteiger partial charge in [0.05, 0.1) is 6.54 Å². The molecule has 1 aromatic rings. The molecule has 6 heteroatoms. The highest BCUT2D eigenvalue weighted by Gasteiger charge is 2.31. The maximum absolute atomic E-state index is 11.9. The Morgan fingerprint density at radius 1 is 1.50 bits per heavy atom. The van der Waals surface area contributed by atoms with Crippen molar-refractivity contribution in [2.75, 3.05) is 18.8 Å². The van der Waals surface area contributed by atoms with Gasteiger partial charge in [0, 0.05) is 30.9 Å². The Kier molecular flexibility index (Phi) is 4.01. The Labute approximate surface area is 118 Å². The Hall–Kier alpha value is -1.98. The van der Waals surface area contributed by atoms with Crippen LogP contribution < -0.4 is 10.5 Å². The molecule has 110 valence electrons. The topological polar surface area (TPSA) is 77.7 Å². The first-order valence-corrected chi connectivity index (χ1v) is 6.69. The molecule has 2 N–H and O–H groups in total. The number of pyridine rings is 1. The zero-order chi connectivity index (χ0) is 14.8. The summed E-state index contributed by atoms with van der Waals surface area (Å²) >= 11 is 0. The summed E-state index contributed by atoms with van der Waals surface area (Å²) in [7, 11) is 0. The van der Waals surface area contributed by atoms with Crippen molar-refractivity contribution >= 4 is 11.8 Å². The summed E-state index contributed by atoms with van der Waals surface area (Å²) in [6.45, 7) is 6.69. The fraction of sp³-hybridized carbons (Fsp3) is 0.571. The molecule has 0 aliphatic carbocycles. The van der Waals surface area contributed by atoms with Crippen molar-refractivity contribution < 1.29 is 14.3 Å². The predicted octanol–water partition coefficient (Wildman–Crippen LogP) is 2.05. The summed E-state index contributed by atoms with van der Waals surface area (Å²) in [6, 6.07) is 3.38. The van der Waals surface area contributed by atoms with Gasteiger partial charge in [-0.1, -0.05) is 0 Å². The maximum atomic E-state index is 11.9. The number of nitrogens with two attached hydrogens (primary N) is 1. The smallest absolute Gasteiger partial charge is 0.410 e. The molecular weight excluding hydrogens is 258 g/mol. The van der Waals surface area contributed by atoms with Crippen LogP contribution in [0, 0.1) is 0 Å². The first kappa shape index (κ1) is 14.4. The fourth-order valence-electron chi connectivity index (χ4n) is 1.98. The summed E-state index contributed by atoms with van der Waals surface area (Å²) in [5, 5.41) is 0. The lowest BCUT2D eigenvalue weighted by molar-refractivity contribution is 0.0275. The first-order chi connectivity index (χ1) is 9.33. The summed E-state index contributed by atoms with van der Waals surface area (Å²) in [4.78, 5) is 17.7. The van der Waals surface area contributed by atoms with Crippen molar-refractivity contribution in [2.45, 2.75) is 38.9 Å². The van der Waals surface area contributed by atoms with Crippen LogP contribution in [0.1, 0.15) is 27.2 Å². The van der Waals surface area contributed by atoms with Gasteiger partial charge in [-0.25, -0.2) is 9.78 Å². The second-order valence-corrected chi connectivity index (χ2v) is 5.88. The van der Waals surface area contributed by atoms with Crippen molar-refractivity contribution in [3.8, 4) is 5.88 Å². The molecule has 1 atom stereocenters. The first-order valence-electron chi connectivity index (χ1n) is 6.69. The number of carbonyl (C=O) groups is 1. The zero-order valence-electron chi connectivity index (χ0n) is 12.1. The number of amides is 1. The quantitative estimate of drug-likeness (QED) is 0.896. The van der Waals surface area contributed by atoms with E-state index < -0.39 is 5.60 Å². The third kappa shape index (κ3) is 4.01. The van der Waals surface area contributed by atoms with E-state index in [1.54, 1.807) is 23.2 Å². The van der Waals surface area contributed by atoms with Gasteiger partial charge in [0.1, 0.15) is 11.7 Å². The number of aromatic nitrogens is 1. The minimum atomic E-state index is -0.481. The number of ether oxygens (including phenoxy) is 2. The Balaban J connectivity index is 1.88. The summed E-state index contributed by atoms with van der Waals surface area (Å²) in [5.74, 6) is 0.487. The maximum Gasteiger partial charge on any atom is 0.410 e. The molecule has 1 fully saturated rings. The van der Waals surface area contributed by atoms with Gasteiger partial charge in [-0.05, 0) is 26.8 Å². The third-order valence-corrected chi connectivity index (χ3v) is 2.84. The number of anilines is 1. The van der Waals surface area contributed by atoms with Crippen molar-refractivity contribution in [2.24, 2.45) is 0 Å². The average Bonchev–Trinajstić information content (AvgIpc) is 2.75. The van der Waals surface area contributed by atoms with E-state index in [1.807, 2.05) is 20.8 Å². The highest BCUT2D eigenvalue weighted by molar-refractivity contribution is 5.68. The monoisotopic (exact) mass is 279 g/mol. The normalized spacial score (nSPS) is 18.9. The van der Waals surface area contributed by atoms with Crippen LogP contribution in [0.25, 0.3) is 0 Å². The molecule has 2 rings (SSSR count). The van der Waals surface area contributed by atoms with Crippen LogP contribution in [-0.2, 0) is 4.74 Å². The average molecular weight is 279 g/mol. The molecular formula is C14H21N3O3. The van der Waals surface area contributed by atoms with Gasteiger partial charge in [0.25, 0.3) is 0 Å². The van der Waals surface area contributed by atoms with Gasteiger partial charge in [-0.2, -0.15) is 0 Å². The lowest BCUT2D eigenvalue weighted by Gasteiger charge is -2.24. The molecule has 1 amide bonds. The van der Waals surface area contributed by atoms with E-state index in [-0.39, 0.29) is 12.2 Å². The minimum Gasteiger partial charge on any atom is -0.472 e. The van der Waals surface area contributed by atoms with Crippen molar-refractivity contribution in [1.82, 2.24) is 9.88 Å². The molecule has 0 aromatic carbocycles. The van der Waals surface area contributed by atoms with Crippen molar-refractivity contribution in [3.63, 3.8) is 0 Å². The number of hydrogen-bond acceptors (Lipinski definition) is 5. The van der Waals surface area contributed by atoms with Gasteiger partial charge >= 0.3 is 6.09 Å². The van der Waals surface area contributed by atoms with Gasteiger partial charge in [0.15, 0.2) is 0 Å². The molecule has 20 heavy (non-hydrogen) atoms. The van der Waals surface area contributed by atoms with Gasteiger partial charge < -0.3 is 20.1 Å². The van der Waals surface area contributed by atoms with Crippen LogP contribution in [0.2, 0.25) is 0 Å². The Morgan fingerprint density at radius 2 is 2.25 bits per heavy atom. The van der Waals surface area contributed by atoms with Crippen molar-refractivity contribution in [1.29, 1.82) is 0 Å². The van der Waals surface area contributed by atoms with Crippen molar-refractivity contribution in [3.05, 3.63) is 18.3 Å². The highest BCUT2D eigenvalue weighted by atomic mass is 16.6. The number of carbonyl (C=O) groups excluding carboxylic acids is 1. The minimum absolute atomic E-state index is 0.0724. The number of likely N-dealkylation sites (tertiary alicyclic amines) is 1. The molecule has 1 aliphatic heterocycles. The standard InChI is InChI=1S/C14H21N3O3/c1-14(2,3)20-13(18)17-7-5-11(9-17)19-12-8-10(15)4-6-16-12/h4,6,8,11H,5,7,9H2,1-3H3,(H2,15,16)/t11-/m0/s1. The van der Waals surface area contributed by atoms with E-state index in [9.17, 15) is 4.79 Å². The second kappa shape index (κ2) is 5.56. The lowest BCUT2D eigenvalue weighted by atomic mass is 10.2. The molecule has 1 aliphatic rings. The Morgan fingerprint density at radius 3 is 2.90 bits per heavy atom. The van der Waals surface area contributed by atoms with Gasteiger partial charge in [-0.3, -0.25) is 0 Å². The van der Waals surface area contributed by atoms with E-state index >= 15 is 0 Å². The van der Waals surface area contributed by atoms with Crippen LogP contribution in [0.15, 0.2) is 18.3 Å². The number of rotatable bonds is 2. The van der Waals surface area contributed by atoms with Crippen LogP contribution >= 0.6 is 0 Å². The van der Waals surface area contributed by atoms with Gasteiger partial charge in [-0.15, -0.1) is 0 Å². The van der Waals surface area contributed by atoms with E-state index in [4.69, 9.17) is 15.2 Å². The SMILES string of the molecule is CC(C)(C)OC(=O)N1CC[C@H](Oc2cc(N)ccn2)C1. The molecule has 0 unspecified atom stereocenters. The summed E-state index contributed by atoms with van der Waals surface area (Å²) in [6.07, 6.45) is 1.99. The molecule has 1 aromatic heterocycles. The van der Waals surface area contributed by atoms with E-state index in [1.165, 1.54) is 0 Å². The fourth-order valence-corrected chi connectivity index (χ4v) is 1.98. The lowest BCUT2D eigenvalue weighted by Crippen LogP contribution is -2.36. The van der Waals surface area contributed by atoms with E-state index in [2.05, 4.69) is 4.98 Å². The molecule has 0 bridgehead atoms. The summed E-state index contributed by atoms with van der Waals surface area (Å²) in [5.41, 5.74) is 5.80. The van der Waals surface area contributed by atoms with E-state index in [0.29, 0.717) is 24.7 Å². The predicted molar refractivity (Wildman–Crippen MR) is 75.5 cm³/mol. The third-order valence-electron chi connectivity index (χ3n) is 2.84. The molecule has 2 heterocycles. The van der Waals surface area contributed by atoms with Crippen LogP contribution in [0.4, 0.5) is 10.5 Å². The molecule has 1 saturated heterocycles. The highest BCUT2D eigenvalue weighted by Crippen LogP contribution is 2.20.